The number of hydrogen-bond donors (Lipinski definition) is 1. The number of halogens is 1. The fourth-order valence-electron chi connectivity index (χ4n) is 1.91. The second kappa shape index (κ2) is 7.42. The number of thioether (sulfide) groups is 1. The summed E-state index contributed by atoms with van der Waals surface area (Å²) >= 11 is 8.27. The Kier molecular flexibility index (Phi) is 5.87. The zero-order valence-electron chi connectivity index (χ0n) is 11.0. The van der Waals surface area contributed by atoms with Crippen LogP contribution < -0.4 is 5.32 Å². The maximum atomic E-state index is 6.32. The van der Waals surface area contributed by atoms with Gasteiger partial charge in [-0.2, -0.15) is 0 Å². The van der Waals surface area contributed by atoms with Crippen molar-refractivity contribution in [1.82, 2.24) is 5.32 Å². The van der Waals surface area contributed by atoms with Gasteiger partial charge in [-0.3, -0.25) is 0 Å². The maximum Gasteiger partial charge on any atom is 0.0462 e. The van der Waals surface area contributed by atoms with E-state index in [1.54, 1.807) is 0 Å². The number of rotatable bonds is 8. The van der Waals surface area contributed by atoms with E-state index >= 15 is 0 Å². The Morgan fingerprint density at radius 3 is 2.89 bits per heavy atom. The lowest BCUT2D eigenvalue weighted by Crippen LogP contribution is -2.16. The highest BCUT2D eigenvalue weighted by molar-refractivity contribution is 7.99. The fraction of sp³-hybridized carbons (Fsp3) is 0.600. The zero-order valence-corrected chi connectivity index (χ0v) is 12.6. The molecule has 0 aromatic heterocycles. The lowest BCUT2D eigenvalue weighted by molar-refractivity contribution is 0.680. The van der Waals surface area contributed by atoms with Crippen LogP contribution in [-0.4, -0.2) is 11.8 Å². The van der Waals surface area contributed by atoms with Crippen molar-refractivity contribution in [3.8, 4) is 0 Å². The van der Waals surface area contributed by atoms with E-state index in [0.29, 0.717) is 0 Å². The van der Waals surface area contributed by atoms with Crippen LogP contribution in [0.5, 0.6) is 0 Å². The van der Waals surface area contributed by atoms with E-state index in [1.807, 2.05) is 17.8 Å². The van der Waals surface area contributed by atoms with Crippen molar-refractivity contribution >= 4 is 23.4 Å². The van der Waals surface area contributed by atoms with Gasteiger partial charge >= 0.3 is 0 Å². The Balaban J connectivity index is 1.91. The monoisotopic (exact) mass is 283 g/mol. The van der Waals surface area contributed by atoms with Gasteiger partial charge in [-0.15, -0.1) is 11.8 Å². The quantitative estimate of drug-likeness (QED) is 0.539. The van der Waals surface area contributed by atoms with Crippen molar-refractivity contribution in [2.45, 2.75) is 56.5 Å². The highest BCUT2D eigenvalue weighted by Gasteiger charge is 2.21. The highest BCUT2D eigenvalue weighted by atomic mass is 35.5. The van der Waals surface area contributed by atoms with Gasteiger partial charge < -0.3 is 5.32 Å². The summed E-state index contributed by atoms with van der Waals surface area (Å²) in [5.74, 6) is 1.20. The summed E-state index contributed by atoms with van der Waals surface area (Å²) in [6.45, 7) is 3.16. The molecule has 0 atom stereocenters. The molecule has 1 N–H and O–H groups in total. The molecular weight excluding hydrogens is 262 g/mol. The summed E-state index contributed by atoms with van der Waals surface area (Å²) in [7, 11) is 0. The SMILES string of the molecule is CCCCCSc1cccc(Cl)c1CNC1CC1. The molecule has 100 valence electrons. The van der Waals surface area contributed by atoms with Crippen LogP contribution in [0.2, 0.25) is 5.02 Å². The van der Waals surface area contributed by atoms with Crippen LogP contribution in [0.3, 0.4) is 0 Å². The van der Waals surface area contributed by atoms with Gasteiger partial charge in [0.15, 0.2) is 0 Å². The van der Waals surface area contributed by atoms with Crippen LogP contribution in [0, 0.1) is 0 Å². The van der Waals surface area contributed by atoms with Crippen LogP contribution in [-0.2, 0) is 6.54 Å². The predicted molar refractivity (Wildman–Crippen MR) is 81.6 cm³/mol. The minimum absolute atomic E-state index is 0.735. The van der Waals surface area contributed by atoms with E-state index in [4.69, 9.17) is 11.6 Å². The Morgan fingerprint density at radius 1 is 1.33 bits per heavy atom. The zero-order chi connectivity index (χ0) is 12.8. The molecule has 2 rings (SSSR count). The second-order valence-corrected chi connectivity index (χ2v) is 6.47. The molecule has 0 bridgehead atoms. The van der Waals surface area contributed by atoms with Gasteiger partial charge in [0.25, 0.3) is 0 Å². The minimum atomic E-state index is 0.735. The van der Waals surface area contributed by atoms with Crippen LogP contribution in [0.4, 0.5) is 0 Å². The summed E-state index contributed by atoms with van der Waals surface area (Å²) in [5, 5.41) is 4.46. The first-order chi connectivity index (χ1) is 8.81. The summed E-state index contributed by atoms with van der Waals surface area (Å²) in [6, 6.07) is 7.00. The molecule has 1 aromatic rings. The van der Waals surface area contributed by atoms with Crippen LogP contribution in [0.25, 0.3) is 0 Å². The third kappa shape index (κ3) is 4.49. The van der Waals surface area contributed by atoms with Crippen LogP contribution in [0.15, 0.2) is 23.1 Å². The molecule has 0 amide bonds. The number of nitrogens with one attached hydrogen (secondary N) is 1. The number of benzene rings is 1. The van der Waals surface area contributed by atoms with Crippen molar-refractivity contribution < 1.29 is 0 Å². The van der Waals surface area contributed by atoms with Gasteiger partial charge in [0, 0.05) is 22.5 Å². The summed E-state index contributed by atoms with van der Waals surface area (Å²) in [4.78, 5) is 1.35. The van der Waals surface area contributed by atoms with E-state index in [-0.39, 0.29) is 0 Å². The summed E-state index contributed by atoms with van der Waals surface area (Å²) in [6.07, 6.45) is 6.55. The van der Waals surface area contributed by atoms with Crippen molar-refractivity contribution in [3.05, 3.63) is 28.8 Å². The minimum Gasteiger partial charge on any atom is -0.310 e. The molecule has 3 heteroatoms. The molecule has 1 aromatic carbocycles. The van der Waals surface area contributed by atoms with Crippen molar-refractivity contribution in [2.75, 3.05) is 5.75 Å². The maximum absolute atomic E-state index is 6.32. The van der Waals surface area contributed by atoms with Crippen molar-refractivity contribution in [1.29, 1.82) is 0 Å². The molecule has 1 aliphatic carbocycles. The van der Waals surface area contributed by atoms with Gasteiger partial charge in [0.1, 0.15) is 0 Å². The predicted octanol–water partition coefficient (Wildman–Crippen LogP) is 4.87. The average Bonchev–Trinajstić information content (AvgIpc) is 3.18. The Labute approximate surface area is 120 Å². The second-order valence-electron chi connectivity index (χ2n) is 4.93. The standard InChI is InChI=1S/C15H22ClNS/c1-2-3-4-10-18-15-7-5-6-14(16)13(15)11-17-12-8-9-12/h5-7,12,17H,2-4,8-11H2,1H3. The highest BCUT2D eigenvalue weighted by Crippen LogP contribution is 2.30. The van der Waals surface area contributed by atoms with Crippen molar-refractivity contribution in [2.24, 2.45) is 0 Å². The Morgan fingerprint density at radius 2 is 2.17 bits per heavy atom. The smallest absolute Gasteiger partial charge is 0.0462 e. The topological polar surface area (TPSA) is 12.0 Å². The van der Waals surface area contributed by atoms with Gasteiger partial charge in [-0.05, 0) is 42.7 Å². The Hall–Kier alpha value is -0.180. The average molecular weight is 284 g/mol. The van der Waals surface area contributed by atoms with E-state index in [9.17, 15) is 0 Å². The molecule has 1 nitrogen and oxygen atoms in total. The lowest BCUT2D eigenvalue weighted by atomic mass is 10.2. The Bertz CT molecular complexity index is 377. The molecule has 0 heterocycles. The molecule has 18 heavy (non-hydrogen) atoms. The number of unbranched alkanes of at least 4 members (excludes halogenated alkanes) is 2. The van der Waals surface area contributed by atoms with Gasteiger partial charge in [0.05, 0.1) is 0 Å². The normalized spacial score (nSPS) is 15.0. The number of hydrogen-bond acceptors (Lipinski definition) is 2. The third-order valence-electron chi connectivity index (χ3n) is 3.23. The first kappa shape index (κ1) is 14.2. The van der Waals surface area contributed by atoms with E-state index in [1.165, 1.54) is 48.3 Å². The van der Waals surface area contributed by atoms with Gasteiger partial charge in [-0.1, -0.05) is 37.4 Å². The summed E-state index contributed by atoms with van der Waals surface area (Å²) < 4.78 is 0. The molecular formula is C15H22ClNS. The first-order valence-corrected chi connectivity index (χ1v) is 8.31. The van der Waals surface area contributed by atoms with Gasteiger partial charge in [-0.25, -0.2) is 0 Å². The molecule has 0 aliphatic heterocycles. The van der Waals surface area contributed by atoms with Gasteiger partial charge in [0.2, 0.25) is 0 Å². The van der Waals surface area contributed by atoms with Crippen molar-refractivity contribution in [3.63, 3.8) is 0 Å². The molecule has 1 fully saturated rings. The molecule has 1 aliphatic rings. The summed E-state index contributed by atoms with van der Waals surface area (Å²) in [5.41, 5.74) is 1.28. The van der Waals surface area contributed by atoms with E-state index in [0.717, 1.165) is 17.6 Å². The van der Waals surface area contributed by atoms with Crippen LogP contribution in [0.1, 0.15) is 44.6 Å². The molecule has 1 saturated carbocycles. The molecule has 0 spiro atoms. The lowest BCUT2D eigenvalue weighted by Gasteiger charge is -2.11. The third-order valence-corrected chi connectivity index (χ3v) is 4.77. The molecule has 0 radical (unpaired) electrons. The largest absolute Gasteiger partial charge is 0.310 e. The fourth-order valence-corrected chi connectivity index (χ4v) is 3.31. The van der Waals surface area contributed by atoms with E-state index in [2.05, 4.69) is 24.4 Å². The molecule has 0 unspecified atom stereocenters. The van der Waals surface area contributed by atoms with Crippen LogP contribution >= 0.6 is 23.4 Å². The molecule has 0 saturated heterocycles. The van der Waals surface area contributed by atoms with E-state index < -0.39 is 0 Å². The first-order valence-electron chi connectivity index (χ1n) is 6.95.